The summed E-state index contributed by atoms with van der Waals surface area (Å²) in [4.78, 5) is 2.69. The first-order chi connectivity index (χ1) is 9.63. The van der Waals surface area contributed by atoms with E-state index in [4.69, 9.17) is 5.73 Å². The molecule has 20 heavy (non-hydrogen) atoms. The van der Waals surface area contributed by atoms with E-state index in [2.05, 4.69) is 56.0 Å². The van der Waals surface area contributed by atoms with E-state index in [0.717, 1.165) is 18.4 Å². The molecule has 0 saturated heterocycles. The Morgan fingerprint density at radius 1 is 1.20 bits per heavy atom. The van der Waals surface area contributed by atoms with E-state index < -0.39 is 0 Å². The minimum absolute atomic E-state index is 0.133. The van der Waals surface area contributed by atoms with Crippen LogP contribution in [-0.2, 0) is 0 Å². The van der Waals surface area contributed by atoms with E-state index in [1.54, 1.807) is 0 Å². The van der Waals surface area contributed by atoms with Gasteiger partial charge in [0.05, 0.1) is 0 Å². The summed E-state index contributed by atoms with van der Waals surface area (Å²) in [7, 11) is 0. The van der Waals surface area contributed by atoms with Crippen molar-refractivity contribution in [2.24, 2.45) is 11.7 Å². The molecule has 0 aromatic heterocycles. The smallest absolute Gasteiger partial charge is 0.0453 e. The zero-order valence-electron chi connectivity index (χ0n) is 13.3. The van der Waals surface area contributed by atoms with E-state index in [9.17, 15) is 0 Å². The van der Waals surface area contributed by atoms with Crippen molar-refractivity contribution in [2.45, 2.75) is 64.6 Å². The molecule has 2 heteroatoms. The molecule has 0 bridgehead atoms. The number of nitrogens with two attached hydrogens (primary N) is 1. The zero-order valence-corrected chi connectivity index (χ0v) is 13.3. The molecule has 2 unspecified atom stereocenters. The van der Waals surface area contributed by atoms with Gasteiger partial charge >= 0.3 is 0 Å². The second kappa shape index (κ2) is 7.24. The largest absolute Gasteiger partial charge is 0.323 e. The second-order valence-electron chi connectivity index (χ2n) is 6.56. The van der Waals surface area contributed by atoms with Crippen LogP contribution in [0, 0.1) is 5.92 Å². The van der Waals surface area contributed by atoms with Crippen molar-refractivity contribution in [3.63, 3.8) is 0 Å². The molecule has 1 aliphatic rings. The molecule has 0 spiro atoms. The number of rotatable bonds is 8. The normalized spacial score (nSPS) is 18.5. The third kappa shape index (κ3) is 4.07. The quantitative estimate of drug-likeness (QED) is 0.777. The molecule has 1 fully saturated rings. The number of hydrogen-bond donors (Lipinski definition) is 1. The Hall–Kier alpha value is -0.860. The molecule has 2 N–H and O–H groups in total. The van der Waals surface area contributed by atoms with Gasteiger partial charge in [-0.3, -0.25) is 4.90 Å². The Morgan fingerprint density at radius 2 is 1.85 bits per heavy atom. The van der Waals surface area contributed by atoms with Gasteiger partial charge in [0.15, 0.2) is 0 Å². The molecular weight excluding hydrogens is 244 g/mol. The fourth-order valence-corrected chi connectivity index (χ4v) is 3.02. The summed E-state index contributed by atoms with van der Waals surface area (Å²) >= 11 is 0. The maximum Gasteiger partial charge on any atom is 0.0453 e. The summed E-state index contributed by atoms with van der Waals surface area (Å²) in [5, 5.41) is 0. The lowest BCUT2D eigenvalue weighted by Gasteiger charge is -2.36. The molecule has 2 atom stereocenters. The maximum atomic E-state index is 6.58. The minimum Gasteiger partial charge on any atom is -0.323 e. The van der Waals surface area contributed by atoms with E-state index in [-0.39, 0.29) is 6.04 Å². The van der Waals surface area contributed by atoms with Crippen molar-refractivity contribution in [3.8, 4) is 0 Å². The average molecular weight is 274 g/mol. The van der Waals surface area contributed by atoms with Gasteiger partial charge in [-0.25, -0.2) is 0 Å². The lowest BCUT2D eigenvalue weighted by atomic mass is 9.96. The van der Waals surface area contributed by atoms with Gasteiger partial charge in [-0.05, 0) is 43.7 Å². The van der Waals surface area contributed by atoms with Crippen LogP contribution in [0.1, 0.15) is 58.1 Å². The molecule has 112 valence electrons. The van der Waals surface area contributed by atoms with Crippen LogP contribution in [0.15, 0.2) is 30.3 Å². The Bertz CT molecular complexity index is 384. The molecule has 2 rings (SSSR count). The van der Waals surface area contributed by atoms with Crippen LogP contribution in [0.25, 0.3) is 0 Å². The lowest BCUT2D eigenvalue weighted by Crippen LogP contribution is -2.44. The highest BCUT2D eigenvalue weighted by Gasteiger charge is 2.35. The SMILES string of the molecule is CCC(C(N)c1ccccc1)N(CCC(C)C)C1CC1. The predicted molar refractivity (Wildman–Crippen MR) is 86.6 cm³/mol. The highest BCUT2D eigenvalue weighted by molar-refractivity contribution is 5.20. The van der Waals surface area contributed by atoms with Crippen molar-refractivity contribution in [1.82, 2.24) is 4.90 Å². The summed E-state index contributed by atoms with van der Waals surface area (Å²) in [5.74, 6) is 0.765. The van der Waals surface area contributed by atoms with Crippen LogP contribution in [0.2, 0.25) is 0 Å². The monoisotopic (exact) mass is 274 g/mol. The molecule has 1 aliphatic carbocycles. The van der Waals surface area contributed by atoms with Crippen molar-refractivity contribution < 1.29 is 0 Å². The van der Waals surface area contributed by atoms with Gasteiger partial charge in [0.2, 0.25) is 0 Å². The van der Waals surface area contributed by atoms with Gasteiger partial charge in [0.1, 0.15) is 0 Å². The molecule has 0 amide bonds. The highest BCUT2D eigenvalue weighted by Crippen LogP contribution is 2.33. The summed E-state index contributed by atoms with van der Waals surface area (Å²) < 4.78 is 0. The van der Waals surface area contributed by atoms with Gasteiger partial charge in [0, 0.05) is 18.1 Å². The summed E-state index contributed by atoms with van der Waals surface area (Å²) in [5.41, 5.74) is 7.85. The van der Waals surface area contributed by atoms with E-state index >= 15 is 0 Å². The summed E-state index contributed by atoms with van der Waals surface area (Å²) in [6, 6.07) is 12.0. The van der Waals surface area contributed by atoms with Gasteiger partial charge in [0.25, 0.3) is 0 Å². The third-order valence-electron chi connectivity index (χ3n) is 4.42. The summed E-state index contributed by atoms with van der Waals surface area (Å²) in [6.07, 6.45) is 5.12. The van der Waals surface area contributed by atoms with Crippen LogP contribution in [0.5, 0.6) is 0 Å². The van der Waals surface area contributed by atoms with Crippen LogP contribution < -0.4 is 5.73 Å². The van der Waals surface area contributed by atoms with Gasteiger partial charge in [-0.2, -0.15) is 0 Å². The Labute approximate surface area is 124 Å². The predicted octanol–water partition coefficient (Wildman–Crippen LogP) is 3.98. The van der Waals surface area contributed by atoms with E-state index in [0.29, 0.717) is 6.04 Å². The van der Waals surface area contributed by atoms with Crippen molar-refractivity contribution in [2.75, 3.05) is 6.54 Å². The van der Waals surface area contributed by atoms with Crippen LogP contribution >= 0.6 is 0 Å². The topological polar surface area (TPSA) is 29.3 Å². The van der Waals surface area contributed by atoms with E-state index in [1.807, 2.05) is 0 Å². The molecule has 0 aliphatic heterocycles. The van der Waals surface area contributed by atoms with Crippen molar-refractivity contribution >= 4 is 0 Å². The Balaban J connectivity index is 2.07. The van der Waals surface area contributed by atoms with Gasteiger partial charge in [-0.15, -0.1) is 0 Å². The van der Waals surface area contributed by atoms with Crippen molar-refractivity contribution in [3.05, 3.63) is 35.9 Å². The highest BCUT2D eigenvalue weighted by atomic mass is 15.2. The fraction of sp³-hybridized carbons (Fsp3) is 0.667. The molecule has 0 radical (unpaired) electrons. The van der Waals surface area contributed by atoms with Crippen LogP contribution in [0.3, 0.4) is 0 Å². The van der Waals surface area contributed by atoms with Crippen LogP contribution in [0.4, 0.5) is 0 Å². The Morgan fingerprint density at radius 3 is 2.35 bits per heavy atom. The summed E-state index contributed by atoms with van der Waals surface area (Å²) in [6.45, 7) is 8.09. The molecule has 1 aromatic rings. The number of benzene rings is 1. The van der Waals surface area contributed by atoms with Crippen molar-refractivity contribution in [1.29, 1.82) is 0 Å². The maximum absolute atomic E-state index is 6.58. The zero-order chi connectivity index (χ0) is 14.5. The lowest BCUT2D eigenvalue weighted by molar-refractivity contribution is 0.148. The average Bonchev–Trinajstić information content (AvgIpc) is 3.28. The van der Waals surface area contributed by atoms with E-state index in [1.165, 1.54) is 31.4 Å². The molecule has 0 heterocycles. The number of nitrogens with zero attached hydrogens (tertiary/aromatic N) is 1. The third-order valence-corrected chi connectivity index (χ3v) is 4.42. The van der Waals surface area contributed by atoms with Gasteiger partial charge < -0.3 is 5.73 Å². The molecular formula is C18H30N2. The first kappa shape index (κ1) is 15.5. The number of hydrogen-bond acceptors (Lipinski definition) is 2. The fourth-order valence-electron chi connectivity index (χ4n) is 3.02. The minimum atomic E-state index is 0.133. The standard InChI is InChI=1S/C18H30N2/c1-4-17(18(19)15-8-6-5-7-9-15)20(16-10-11-16)13-12-14(2)3/h5-9,14,16-18H,4,10-13,19H2,1-3H3. The first-order valence-corrected chi connectivity index (χ1v) is 8.19. The molecule has 1 saturated carbocycles. The first-order valence-electron chi connectivity index (χ1n) is 8.19. The van der Waals surface area contributed by atoms with Gasteiger partial charge in [-0.1, -0.05) is 51.1 Å². The van der Waals surface area contributed by atoms with Crippen LogP contribution in [-0.4, -0.2) is 23.5 Å². The second-order valence-corrected chi connectivity index (χ2v) is 6.56. The molecule has 1 aromatic carbocycles. The Kier molecular flexibility index (Phi) is 5.62. The molecule has 2 nitrogen and oxygen atoms in total.